The van der Waals surface area contributed by atoms with E-state index in [-0.39, 0.29) is 6.04 Å². The Morgan fingerprint density at radius 2 is 2.27 bits per heavy atom. The summed E-state index contributed by atoms with van der Waals surface area (Å²) in [5, 5.41) is 15.6. The van der Waals surface area contributed by atoms with Crippen LogP contribution in [0.3, 0.4) is 0 Å². The van der Waals surface area contributed by atoms with Crippen molar-refractivity contribution in [3.63, 3.8) is 0 Å². The molecule has 1 aliphatic rings. The number of aryl methyl sites for hydroxylation is 1. The van der Waals surface area contributed by atoms with Crippen molar-refractivity contribution in [2.75, 3.05) is 23.9 Å². The predicted molar refractivity (Wildman–Crippen MR) is 100 cm³/mol. The van der Waals surface area contributed by atoms with Crippen LogP contribution >= 0.6 is 0 Å². The number of ether oxygens (including phenoxy) is 1. The van der Waals surface area contributed by atoms with Gasteiger partial charge in [-0.25, -0.2) is 4.79 Å². The van der Waals surface area contributed by atoms with E-state index in [0.29, 0.717) is 29.7 Å². The molecule has 2 atom stereocenters. The van der Waals surface area contributed by atoms with E-state index in [1.54, 1.807) is 17.5 Å². The molecule has 1 unspecified atom stereocenters. The lowest BCUT2D eigenvalue weighted by Crippen LogP contribution is -2.36. The number of hydrogen-bond acceptors (Lipinski definition) is 6. The summed E-state index contributed by atoms with van der Waals surface area (Å²) in [6, 6.07) is 2.03. The van der Waals surface area contributed by atoms with Crippen molar-refractivity contribution in [3.8, 4) is 0 Å². The van der Waals surface area contributed by atoms with E-state index in [2.05, 4.69) is 56.7 Å². The molecule has 2 aromatic heterocycles. The van der Waals surface area contributed by atoms with Gasteiger partial charge in [-0.05, 0) is 27.2 Å². The number of fused-ring (bicyclic) bond motifs is 1. The van der Waals surface area contributed by atoms with Gasteiger partial charge in [0.2, 0.25) is 5.65 Å². The van der Waals surface area contributed by atoms with Gasteiger partial charge >= 0.3 is 6.09 Å². The second-order valence-corrected chi connectivity index (χ2v) is 6.31. The monoisotopic (exact) mass is 356 g/mol. The Morgan fingerprint density at radius 3 is 2.96 bits per heavy atom. The minimum atomic E-state index is -0.525. The number of anilines is 2. The average molecular weight is 356 g/mol. The van der Waals surface area contributed by atoms with Crippen molar-refractivity contribution in [2.45, 2.75) is 33.2 Å². The Kier molecular flexibility index (Phi) is 5.20. The number of amides is 1. The minimum absolute atomic E-state index is 0.230. The lowest BCUT2D eigenvalue weighted by molar-refractivity contribution is 0.168. The molecule has 3 rings (SSSR count). The fourth-order valence-corrected chi connectivity index (χ4v) is 2.97. The number of nitrogens with zero attached hydrogens (tertiary/aromatic N) is 5. The molecule has 138 valence electrons. The van der Waals surface area contributed by atoms with Crippen LogP contribution in [-0.4, -0.2) is 45.6 Å². The van der Waals surface area contributed by atoms with Crippen LogP contribution in [0.2, 0.25) is 0 Å². The van der Waals surface area contributed by atoms with Crippen LogP contribution in [0.4, 0.5) is 16.3 Å². The summed E-state index contributed by atoms with van der Waals surface area (Å²) in [7, 11) is 2.00. The number of carbonyl (C=O) groups is 1. The summed E-state index contributed by atoms with van der Waals surface area (Å²) in [5.74, 6) is 1.77. The molecule has 2 aromatic rings. The van der Waals surface area contributed by atoms with Gasteiger partial charge in [0.05, 0.1) is 12.3 Å². The van der Waals surface area contributed by atoms with Gasteiger partial charge < -0.3 is 9.64 Å². The Morgan fingerprint density at radius 1 is 1.46 bits per heavy atom. The molecule has 0 fully saturated rings. The molecule has 0 aliphatic heterocycles. The van der Waals surface area contributed by atoms with Crippen molar-refractivity contribution in [2.24, 2.45) is 5.92 Å². The standard InChI is InChI=1S/C18H24N6O2/c1-5-26-18(25)19-15-11-16(22-24-13(3)20-21-17(15)24)23(4)12(2)14-9-7-6-8-10-14/h6-9,11-12,14H,5,10H2,1-4H3,(H,19,25)/t12-,14?/m0/s1. The summed E-state index contributed by atoms with van der Waals surface area (Å²) >= 11 is 0. The lowest BCUT2D eigenvalue weighted by atomic mass is 9.93. The highest BCUT2D eigenvalue weighted by Crippen LogP contribution is 2.26. The van der Waals surface area contributed by atoms with Gasteiger partial charge in [0, 0.05) is 25.1 Å². The summed E-state index contributed by atoms with van der Waals surface area (Å²) in [6.07, 6.45) is 8.99. The number of allylic oxidation sites excluding steroid dienone is 3. The van der Waals surface area contributed by atoms with Crippen LogP contribution < -0.4 is 10.2 Å². The van der Waals surface area contributed by atoms with E-state index in [9.17, 15) is 4.79 Å². The van der Waals surface area contributed by atoms with E-state index in [1.165, 1.54) is 0 Å². The molecule has 1 aliphatic carbocycles. The molecule has 1 amide bonds. The van der Waals surface area contributed by atoms with Crippen LogP contribution in [-0.2, 0) is 4.74 Å². The molecule has 2 heterocycles. The van der Waals surface area contributed by atoms with Crippen LogP contribution in [0.1, 0.15) is 26.1 Å². The van der Waals surface area contributed by atoms with Crippen molar-refractivity contribution in [1.82, 2.24) is 19.8 Å². The van der Waals surface area contributed by atoms with E-state index < -0.39 is 6.09 Å². The Balaban J connectivity index is 1.94. The Hall–Kier alpha value is -2.90. The van der Waals surface area contributed by atoms with Gasteiger partial charge in [-0.2, -0.15) is 4.52 Å². The summed E-state index contributed by atoms with van der Waals surface area (Å²) in [5.41, 5.74) is 1.01. The average Bonchev–Trinajstić information content (AvgIpc) is 3.03. The third kappa shape index (κ3) is 3.54. The van der Waals surface area contributed by atoms with E-state index in [1.807, 2.05) is 14.0 Å². The predicted octanol–water partition coefficient (Wildman–Crippen LogP) is 2.96. The highest BCUT2D eigenvalue weighted by molar-refractivity contribution is 5.90. The highest BCUT2D eigenvalue weighted by atomic mass is 16.5. The molecule has 1 N–H and O–H groups in total. The van der Waals surface area contributed by atoms with E-state index >= 15 is 0 Å². The molecule has 0 bridgehead atoms. The normalized spacial score (nSPS) is 17.3. The van der Waals surface area contributed by atoms with Gasteiger partial charge in [0.15, 0.2) is 11.6 Å². The molecule has 26 heavy (non-hydrogen) atoms. The fourth-order valence-electron chi connectivity index (χ4n) is 2.97. The van der Waals surface area contributed by atoms with Crippen LogP contribution in [0.5, 0.6) is 0 Å². The Bertz CT molecular complexity index is 857. The second kappa shape index (κ2) is 7.55. The number of rotatable bonds is 5. The molecule has 0 saturated heterocycles. The van der Waals surface area contributed by atoms with Crippen LogP contribution in [0.25, 0.3) is 5.65 Å². The first-order valence-electron chi connectivity index (χ1n) is 8.74. The number of aromatic nitrogens is 4. The van der Waals surface area contributed by atoms with Crippen LogP contribution in [0.15, 0.2) is 30.4 Å². The first-order chi connectivity index (χ1) is 12.5. The third-order valence-corrected chi connectivity index (χ3v) is 4.63. The highest BCUT2D eigenvalue weighted by Gasteiger charge is 2.22. The van der Waals surface area contributed by atoms with Gasteiger partial charge in [0.1, 0.15) is 0 Å². The maximum Gasteiger partial charge on any atom is 0.411 e. The summed E-state index contributed by atoms with van der Waals surface area (Å²) in [6.45, 7) is 6.04. The number of carbonyl (C=O) groups excluding carboxylic acids is 1. The van der Waals surface area contributed by atoms with Crippen molar-refractivity contribution < 1.29 is 9.53 Å². The largest absolute Gasteiger partial charge is 0.450 e. The van der Waals surface area contributed by atoms with Gasteiger partial charge in [-0.1, -0.05) is 24.3 Å². The zero-order valence-electron chi connectivity index (χ0n) is 15.5. The first kappa shape index (κ1) is 17.9. The third-order valence-electron chi connectivity index (χ3n) is 4.63. The summed E-state index contributed by atoms with van der Waals surface area (Å²) in [4.78, 5) is 14.0. The lowest BCUT2D eigenvalue weighted by Gasteiger charge is -2.31. The second-order valence-electron chi connectivity index (χ2n) is 6.31. The van der Waals surface area contributed by atoms with E-state index in [4.69, 9.17) is 4.74 Å². The van der Waals surface area contributed by atoms with Gasteiger partial charge in [0.25, 0.3) is 0 Å². The maximum atomic E-state index is 11.9. The topological polar surface area (TPSA) is 84.7 Å². The SMILES string of the molecule is CCOC(=O)Nc1cc(N(C)[C@@H](C)C2C=CC=CC2)nn2c(C)nnc12. The molecule has 0 aromatic carbocycles. The molecule has 0 saturated carbocycles. The molecule has 0 spiro atoms. The first-order valence-corrected chi connectivity index (χ1v) is 8.74. The molecular formula is C18H24N6O2. The zero-order chi connectivity index (χ0) is 18.7. The molecular weight excluding hydrogens is 332 g/mol. The fraction of sp³-hybridized carbons (Fsp3) is 0.444. The maximum absolute atomic E-state index is 11.9. The Labute approximate surface area is 152 Å². The smallest absolute Gasteiger partial charge is 0.411 e. The van der Waals surface area contributed by atoms with Crippen molar-refractivity contribution in [3.05, 3.63) is 36.2 Å². The molecule has 0 radical (unpaired) electrons. The van der Waals surface area contributed by atoms with E-state index in [0.717, 1.165) is 12.2 Å². The van der Waals surface area contributed by atoms with Crippen molar-refractivity contribution in [1.29, 1.82) is 0 Å². The summed E-state index contributed by atoms with van der Waals surface area (Å²) < 4.78 is 6.62. The van der Waals surface area contributed by atoms with Crippen molar-refractivity contribution >= 4 is 23.2 Å². The molecule has 8 heteroatoms. The van der Waals surface area contributed by atoms with Crippen LogP contribution in [0, 0.1) is 12.8 Å². The zero-order valence-corrected chi connectivity index (χ0v) is 15.5. The minimum Gasteiger partial charge on any atom is -0.450 e. The van der Waals surface area contributed by atoms with Gasteiger partial charge in [-0.3, -0.25) is 5.32 Å². The number of nitrogens with one attached hydrogen (secondary N) is 1. The quantitative estimate of drug-likeness (QED) is 0.887. The number of hydrogen-bond donors (Lipinski definition) is 1. The molecule has 8 nitrogen and oxygen atoms in total. The van der Waals surface area contributed by atoms with Gasteiger partial charge in [-0.15, -0.1) is 15.3 Å².